The molecule has 262 valence electrons. The molecular weight excluding hydrogens is 610 g/mol. The highest BCUT2D eigenvalue weighted by Gasteiger charge is 2.38. The van der Waals surface area contributed by atoms with E-state index in [1.165, 1.54) is 0 Å². The highest BCUT2D eigenvalue weighted by atomic mass is 16.6. The standard InChI is InChI=1S/C38H53N3O7/c1-25(2)20-30(34(43)40-31(36(45)46)18-12-13-19-39-37(47)48-38(4,5)6)23-33(42)32-22-28-16-10-11-17-29(28)24-41(32)35(44)26(3)21-27-14-8-7-9-15-27/h7-11,14-17,25-26,30-32H,12-13,18-24H2,1-6H3,(H,39,47)(H,40,43)(H,45,46)/t26-,30-,31-,32+/m1/s1. The van der Waals surface area contributed by atoms with Gasteiger partial charge in [-0.2, -0.15) is 0 Å². The lowest BCUT2D eigenvalue weighted by Gasteiger charge is -2.38. The summed E-state index contributed by atoms with van der Waals surface area (Å²) in [6.45, 7) is 11.7. The number of nitrogens with zero attached hydrogens (tertiary/aromatic N) is 1. The second kappa shape index (κ2) is 17.8. The molecule has 0 bridgehead atoms. The van der Waals surface area contributed by atoms with Crippen LogP contribution in [0, 0.1) is 17.8 Å². The molecule has 2 aromatic carbocycles. The van der Waals surface area contributed by atoms with E-state index < -0.39 is 41.6 Å². The van der Waals surface area contributed by atoms with Gasteiger partial charge in [-0.15, -0.1) is 0 Å². The van der Waals surface area contributed by atoms with Crippen LogP contribution in [0.3, 0.4) is 0 Å². The normalized spacial score (nSPS) is 16.3. The molecule has 48 heavy (non-hydrogen) atoms. The molecular formula is C38H53N3O7. The van der Waals surface area contributed by atoms with Gasteiger partial charge in [-0.1, -0.05) is 75.4 Å². The number of Topliss-reactive ketones (excluding diaryl/α,β-unsaturated/α-hetero) is 1. The number of amides is 3. The first-order valence-corrected chi connectivity index (χ1v) is 17.1. The molecule has 1 aliphatic heterocycles. The number of nitrogens with one attached hydrogen (secondary N) is 2. The lowest BCUT2D eigenvalue weighted by molar-refractivity contribution is -0.145. The molecule has 3 rings (SSSR count). The first-order valence-electron chi connectivity index (χ1n) is 17.1. The van der Waals surface area contributed by atoms with Crippen molar-refractivity contribution in [2.75, 3.05) is 6.54 Å². The number of carbonyl (C=O) groups excluding carboxylic acids is 4. The predicted octanol–water partition coefficient (Wildman–Crippen LogP) is 5.70. The molecule has 0 radical (unpaired) electrons. The zero-order chi connectivity index (χ0) is 35.4. The van der Waals surface area contributed by atoms with Crippen molar-refractivity contribution in [1.82, 2.24) is 15.5 Å². The van der Waals surface area contributed by atoms with E-state index in [4.69, 9.17) is 4.74 Å². The summed E-state index contributed by atoms with van der Waals surface area (Å²) < 4.78 is 5.21. The topological polar surface area (TPSA) is 142 Å². The largest absolute Gasteiger partial charge is 0.480 e. The molecule has 0 spiro atoms. The van der Waals surface area contributed by atoms with Crippen LogP contribution in [0.1, 0.15) is 90.3 Å². The Morgan fingerprint density at radius 1 is 0.938 bits per heavy atom. The molecule has 0 unspecified atom stereocenters. The van der Waals surface area contributed by atoms with Crippen LogP contribution in [-0.4, -0.2) is 63.9 Å². The minimum Gasteiger partial charge on any atom is -0.480 e. The SMILES string of the molecule is CC(C)C[C@H](CC(=O)[C@@H]1Cc2ccccc2CN1C(=O)[C@H](C)Cc1ccccc1)C(=O)N[C@H](CCCCNC(=O)OC(C)(C)C)C(=O)O. The Morgan fingerprint density at radius 2 is 1.58 bits per heavy atom. The number of hydrogen-bond acceptors (Lipinski definition) is 6. The summed E-state index contributed by atoms with van der Waals surface area (Å²) in [6, 6.07) is 15.7. The van der Waals surface area contributed by atoms with Crippen LogP contribution in [0.15, 0.2) is 54.6 Å². The van der Waals surface area contributed by atoms with Crippen molar-refractivity contribution < 1.29 is 33.8 Å². The number of ketones is 1. The van der Waals surface area contributed by atoms with Gasteiger partial charge in [0.2, 0.25) is 11.8 Å². The highest BCUT2D eigenvalue weighted by molar-refractivity contribution is 5.94. The number of hydrogen-bond donors (Lipinski definition) is 3. The van der Waals surface area contributed by atoms with Gasteiger partial charge in [-0.25, -0.2) is 9.59 Å². The summed E-state index contributed by atoms with van der Waals surface area (Å²) in [4.78, 5) is 67.2. The van der Waals surface area contributed by atoms with Gasteiger partial charge in [0.15, 0.2) is 5.78 Å². The molecule has 0 saturated heterocycles. The second-order valence-electron chi connectivity index (χ2n) is 14.4. The van der Waals surface area contributed by atoms with Crippen molar-refractivity contribution in [2.24, 2.45) is 17.8 Å². The molecule has 10 nitrogen and oxygen atoms in total. The van der Waals surface area contributed by atoms with E-state index >= 15 is 0 Å². The van der Waals surface area contributed by atoms with Gasteiger partial charge in [-0.05, 0) is 75.5 Å². The van der Waals surface area contributed by atoms with Crippen LogP contribution in [0.5, 0.6) is 0 Å². The minimum absolute atomic E-state index is 0.0754. The van der Waals surface area contributed by atoms with Gasteiger partial charge in [-0.3, -0.25) is 14.4 Å². The van der Waals surface area contributed by atoms with Crippen molar-refractivity contribution >= 4 is 29.7 Å². The number of unbranched alkanes of at least 4 members (excludes halogenated alkanes) is 1. The van der Waals surface area contributed by atoms with Crippen molar-refractivity contribution in [1.29, 1.82) is 0 Å². The van der Waals surface area contributed by atoms with Gasteiger partial charge in [0, 0.05) is 37.8 Å². The Labute approximate surface area is 285 Å². The Morgan fingerprint density at radius 3 is 2.21 bits per heavy atom. The fourth-order valence-electron chi connectivity index (χ4n) is 6.14. The first kappa shape index (κ1) is 38.2. The molecule has 3 N–H and O–H groups in total. The third-order valence-electron chi connectivity index (χ3n) is 8.49. The average molecular weight is 664 g/mol. The maximum Gasteiger partial charge on any atom is 0.407 e. The van der Waals surface area contributed by atoms with E-state index in [-0.39, 0.29) is 36.4 Å². The molecule has 10 heteroatoms. The Bertz CT molecular complexity index is 1400. The number of benzene rings is 2. The van der Waals surface area contributed by atoms with Gasteiger partial charge in [0.1, 0.15) is 11.6 Å². The summed E-state index contributed by atoms with van der Waals surface area (Å²) >= 11 is 0. The lowest BCUT2D eigenvalue weighted by Crippen LogP contribution is -2.51. The molecule has 4 atom stereocenters. The quantitative estimate of drug-likeness (QED) is 0.196. The van der Waals surface area contributed by atoms with Crippen molar-refractivity contribution in [3.05, 3.63) is 71.3 Å². The van der Waals surface area contributed by atoms with Crippen LogP contribution in [0.25, 0.3) is 0 Å². The van der Waals surface area contributed by atoms with Crippen LogP contribution in [0.4, 0.5) is 4.79 Å². The van der Waals surface area contributed by atoms with Gasteiger partial charge in [0.25, 0.3) is 0 Å². The molecule has 1 heterocycles. The second-order valence-corrected chi connectivity index (χ2v) is 14.4. The number of carboxylic acid groups (broad SMARTS) is 1. The molecule has 0 fully saturated rings. The summed E-state index contributed by atoms with van der Waals surface area (Å²) in [5.74, 6) is -2.97. The number of aliphatic carboxylic acids is 1. The van der Waals surface area contributed by atoms with E-state index in [9.17, 15) is 29.1 Å². The van der Waals surface area contributed by atoms with E-state index in [1.807, 2.05) is 75.4 Å². The Kier molecular flexibility index (Phi) is 14.2. The van der Waals surface area contributed by atoms with E-state index in [2.05, 4.69) is 10.6 Å². The minimum atomic E-state index is -1.16. The van der Waals surface area contributed by atoms with Gasteiger partial charge >= 0.3 is 12.1 Å². The lowest BCUT2D eigenvalue weighted by atomic mass is 9.84. The Balaban J connectivity index is 1.68. The van der Waals surface area contributed by atoms with E-state index in [0.29, 0.717) is 45.2 Å². The van der Waals surface area contributed by atoms with Crippen LogP contribution in [-0.2, 0) is 43.3 Å². The fraction of sp³-hybridized carbons (Fsp3) is 0.553. The molecule has 3 amide bonds. The monoisotopic (exact) mass is 663 g/mol. The van der Waals surface area contributed by atoms with Crippen LogP contribution in [0.2, 0.25) is 0 Å². The molecule has 2 aromatic rings. The zero-order valence-corrected chi connectivity index (χ0v) is 29.3. The van der Waals surface area contributed by atoms with E-state index in [0.717, 1.165) is 16.7 Å². The smallest absolute Gasteiger partial charge is 0.407 e. The van der Waals surface area contributed by atoms with Gasteiger partial charge < -0.3 is 25.4 Å². The summed E-state index contributed by atoms with van der Waals surface area (Å²) in [7, 11) is 0. The van der Waals surface area contributed by atoms with Crippen LogP contribution < -0.4 is 10.6 Å². The molecule has 1 aliphatic rings. The number of ether oxygens (including phenoxy) is 1. The van der Waals surface area contributed by atoms with E-state index in [1.54, 1.807) is 25.7 Å². The summed E-state index contributed by atoms with van der Waals surface area (Å²) in [5, 5.41) is 15.2. The molecule has 0 aliphatic carbocycles. The number of rotatable bonds is 16. The van der Waals surface area contributed by atoms with Crippen molar-refractivity contribution in [2.45, 2.75) is 111 Å². The Hall–Kier alpha value is -4.21. The summed E-state index contributed by atoms with van der Waals surface area (Å²) in [5.41, 5.74) is 2.43. The van der Waals surface area contributed by atoms with Crippen molar-refractivity contribution in [3.63, 3.8) is 0 Å². The van der Waals surface area contributed by atoms with Crippen LogP contribution >= 0.6 is 0 Å². The number of carbonyl (C=O) groups is 5. The maximum atomic E-state index is 14.1. The summed E-state index contributed by atoms with van der Waals surface area (Å²) in [6.07, 6.45) is 1.78. The molecule has 0 aromatic heterocycles. The predicted molar refractivity (Wildman–Crippen MR) is 184 cm³/mol. The number of carboxylic acids is 1. The highest BCUT2D eigenvalue weighted by Crippen LogP contribution is 2.29. The molecule has 0 saturated carbocycles. The third-order valence-corrected chi connectivity index (χ3v) is 8.49. The maximum absolute atomic E-state index is 14.1. The third kappa shape index (κ3) is 12.1. The average Bonchev–Trinajstić information content (AvgIpc) is 3.01. The fourth-order valence-corrected chi connectivity index (χ4v) is 6.14. The zero-order valence-electron chi connectivity index (χ0n) is 29.3. The number of alkyl carbamates (subject to hydrolysis) is 1. The first-order chi connectivity index (χ1) is 22.6. The van der Waals surface area contributed by atoms with Crippen molar-refractivity contribution in [3.8, 4) is 0 Å². The van der Waals surface area contributed by atoms with Gasteiger partial charge in [0.05, 0.1) is 6.04 Å². The number of fused-ring (bicyclic) bond motifs is 1.